The van der Waals surface area contributed by atoms with Crippen molar-refractivity contribution in [3.8, 4) is 5.75 Å². The predicted octanol–water partition coefficient (Wildman–Crippen LogP) is 3.53. The Morgan fingerprint density at radius 2 is 1.68 bits per heavy atom. The molecule has 0 aliphatic rings. The van der Waals surface area contributed by atoms with Crippen LogP contribution in [-0.4, -0.2) is 17.9 Å². The molecule has 28 heavy (non-hydrogen) atoms. The van der Waals surface area contributed by atoms with E-state index in [1.807, 2.05) is 36.4 Å². The number of rotatable bonds is 6. The molecule has 6 heteroatoms. The number of nitrogens with one attached hydrogen (secondary N) is 2. The second-order valence-corrected chi connectivity index (χ2v) is 6.40. The van der Waals surface area contributed by atoms with Crippen LogP contribution >= 0.6 is 0 Å². The molecule has 0 aliphatic heterocycles. The fourth-order valence-corrected chi connectivity index (χ4v) is 2.74. The Balaban J connectivity index is 1.46. The van der Waals surface area contributed by atoms with Gasteiger partial charge in [0.25, 0.3) is 5.91 Å². The monoisotopic (exact) mass is 380 g/mol. The van der Waals surface area contributed by atoms with E-state index >= 15 is 0 Å². The predicted molar refractivity (Wildman–Crippen MR) is 105 cm³/mol. The smallest absolute Gasteiger partial charge is 0.279 e. The summed E-state index contributed by atoms with van der Waals surface area (Å²) in [5.74, 6) is -0.675. The van der Waals surface area contributed by atoms with E-state index in [9.17, 15) is 14.0 Å². The molecule has 2 N–H and O–H groups in total. The third kappa shape index (κ3) is 5.07. The summed E-state index contributed by atoms with van der Waals surface area (Å²) in [5.41, 5.74) is 5.12. The molecule has 3 aromatic rings. The number of ether oxygens (including phenoxy) is 1. The van der Waals surface area contributed by atoms with Gasteiger partial charge in [0.05, 0.1) is 0 Å². The molecule has 0 spiro atoms. The standard InChI is InChI=1S/C22H21FN2O3/c1-15(28-19-12-10-16-6-2-3-8-18(16)14-19)22(27)25-24-21(26)13-11-17-7-4-5-9-20(17)23/h2-10,12,14-15H,11,13H2,1H3,(H,24,26)(H,25,27). The molecule has 0 bridgehead atoms. The van der Waals surface area contributed by atoms with Gasteiger partial charge in [-0.15, -0.1) is 0 Å². The molecular formula is C22H21FN2O3. The van der Waals surface area contributed by atoms with E-state index in [1.165, 1.54) is 6.07 Å². The third-order valence-corrected chi connectivity index (χ3v) is 4.31. The summed E-state index contributed by atoms with van der Waals surface area (Å²) < 4.78 is 19.2. The average Bonchev–Trinajstić information content (AvgIpc) is 2.71. The topological polar surface area (TPSA) is 67.4 Å². The molecule has 0 saturated carbocycles. The van der Waals surface area contributed by atoms with E-state index in [2.05, 4.69) is 10.9 Å². The van der Waals surface area contributed by atoms with Crippen LogP contribution in [-0.2, 0) is 16.0 Å². The van der Waals surface area contributed by atoms with Gasteiger partial charge in [-0.25, -0.2) is 4.39 Å². The van der Waals surface area contributed by atoms with Crippen molar-refractivity contribution in [3.63, 3.8) is 0 Å². The minimum Gasteiger partial charge on any atom is -0.481 e. The van der Waals surface area contributed by atoms with Crippen LogP contribution in [0, 0.1) is 5.82 Å². The minimum atomic E-state index is -0.798. The van der Waals surface area contributed by atoms with Crippen molar-refractivity contribution < 1.29 is 18.7 Å². The van der Waals surface area contributed by atoms with Crippen LogP contribution in [0.3, 0.4) is 0 Å². The lowest BCUT2D eigenvalue weighted by Gasteiger charge is -2.15. The largest absolute Gasteiger partial charge is 0.481 e. The summed E-state index contributed by atoms with van der Waals surface area (Å²) in [5, 5.41) is 2.09. The molecular weight excluding hydrogens is 359 g/mol. The summed E-state index contributed by atoms with van der Waals surface area (Å²) in [4.78, 5) is 24.0. The Hall–Kier alpha value is -3.41. The number of aryl methyl sites for hydroxylation is 1. The van der Waals surface area contributed by atoms with Crippen molar-refractivity contribution in [2.45, 2.75) is 25.9 Å². The molecule has 3 aromatic carbocycles. The second-order valence-electron chi connectivity index (χ2n) is 6.40. The maximum Gasteiger partial charge on any atom is 0.279 e. The van der Waals surface area contributed by atoms with Gasteiger partial charge in [0.1, 0.15) is 11.6 Å². The molecule has 0 aliphatic carbocycles. The van der Waals surface area contributed by atoms with Gasteiger partial charge in [-0.2, -0.15) is 0 Å². The van der Waals surface area contributed by atoms with Gasteiger partial charge in [-0.05, 0) is 47.9 Å². The maximum absolute atomic E-state index is 13.5. The summed E-state index contributed by atoms with van der Waals surface area (Å²) in [6, 6.07) is 19.7. The number of hydrazine groups is 1. The third-order valence-electron chi connectivity index (χ3n) is 4.31. The SMILES string of the molecule is CC(Oc1ccc2ccccc2c1)C(=O)NNC(=O)CCc1ccccc1F. The van der Waals surface area contributed by atoms with E-state index in [4.69, 9.17) is 4.74 Å². The van der Waals surface area contributed by atoms with Crippen LogP contribution < -0.4 is 15.6 Å². The Labute approximate surface area is 162 Å². The van der Waals surface area contributed by atoms with Crippen LogP contribution in [0.4, 0.5) is 4.39 Å². The highest BCUT2D eigenvalue weighted by atomic mass is 19.1. The van der Waals surface area contributed by atoms with E-state index in [-0.39, 0.29) is 18.7 Å². The zero-order chi connectivity index (χ0) is 19.9. The second kappa shape index (κ2) is 8.99. The Bertz CT molecular complexity index is 990. The highest BCUT2D eigenvalue weighted by Crippen LogP contribution is 2.21. The molecule has 0 saturated heterocycles. The number of fused-ring (bicyclic) bond motifs is 1. The van der Waals surface area contributed by atoms with Gasteiger partial charge < -0.3 is 4.74 Å². The van der Waals surface area contributed by atoms with Crippen LogP contribution in [0.25, 0.3) is 10.8 Å². The van der Waals surface area contributed by atoms with Crippen molar-refractivity contribution in [1.82, 2.24) is 10.9 Å². The molecule has 1 atom stereocenters. The summed E-state index contributed by atoms with van der Waals surface area (Å²) >= 11 is 0. The fourth-order valence-electron chi connectivity index (χ4n) is 2.74. The Morgan fingerprint density at radius 3 is 2.46 bits per heavy atom. The number of carbonyl (C=O) groups is 2. The van der Waals surface area contributed by atoms with Crippen LogP contribution in [0.5, 0.6) is 5.75 Å². The molecule has 144 valence electrons. The summed E-state index contributed by atoms with van der Waals surface area (Å²) in [6.45, 7) is 1.59. The number of amides is 2. The first kappa shape index (κ1) is 19.4. The molecule has 5 nitrogen and oxygen atoms in total. The first-order valence-electron chi connectivity index (χ1n) is 9.00. The van der Waals surface area contributed by atoms with E-state index < -0.39 is 17.9 Å². The van der Waals surface area contributed by atoms with E-state index in [0.717, 1.165) is 10.8 Å². The molecule has 0 aromatic heterocycles. The van der Waals surface area contributed by atoms with Crippen molar-refractivity contribution in [3.05, 3.63) is 78.1 Å². The van der Waals surface area contributed by atoms with Gasteiger partial charge in [0, 0.05) is 6.42 Å². The normalized spacial score (nSPS) is 11.6. The molecule has 0 fully saturated rings. The average molecular weight is 380 g/mol. The lowest BCUT2D eigenvalue weighted by molar-refractivity contribution is -0.132. The molecule has 0 heterocycles. The highest BCUT2D eigenvalue weighted by Gasteiger charge is 2.16. The number of halogens is 1. The van der Waals surface area contributed by atoms with Crippen molar-refractivity contribution in [2.75, 3.05) is 0 Å². The molecule has 0 radical (unpaired) electrons. The molecule has 1 unspecified atom stereocenters. The lowest BCUT2D eigenvalue weighted by Crippen LogP contribution is -2.47. The van der Waals surface area contributed by atoms with Gasteiger partial charge >= 0.3 is 0 Å². The Kier molecular flexibility index (Phi) is 6.22. The maximum atomic E-state index is 13.5. The highest BCUT2D eigenvalue weighted by molar-refractivity contribution is 5.85. The van der Waals surface area contributed by atoms with Crippen LogP contribution in [0.1, 0.15) is 18.9 Å². The quantitative estimate of drug-likeness (QED) is 0.643. The fraction of sp³-hybridized carbons (Fsp3) is 0.182. The van der Waals surface area contributed by atoms with Crippen molar-refractivity contribution in [1.29, 1.82) is 0 Å². The van der Waals surface area contributed by atoms with Crippen LogP contribution in [0.15, 0.2) is 66.7 Å². The van der Waals surface area contributed by atoms with E-state index in [0.29, 0.717) is 11.3 Å². The molecule has 2 amide bonds. The number of hydrogen-bond acceptors (Lipinski definition) is 3. The zero-order valence-corrected chi connectivity index (χ0v) is 15.4. The zero-order valence-electron chi connectivity index (χ0n) is 15.4. The van der Waals surface area contributed by atoms with Gasteiger partial charge in [-0.3, -0.25) is 20.4 Å². The Morgan fingerprint density at radius 1 is 0.964 bits per heavy atom. The molecule has 3 rings (SSSR count). The van der Waals surface area contributed by atoms with Gasteiger partial charge in [0.15, 0.2) is 6.10 Å². The van der Waals surface area contributed by atoms with Crippen molar-refractivity contribution >= 4 is 22.6 Å². The summed E-state index contributed by atoms with van der Waals surface area (Å²) in [7, 11) is 0. The first-order chi connectivity index (χ1) is 13.5. The first-order valence-corrected chi connectivity index (χ1v) is 9.00. The number of carbonyl (C=O) groups excluding carboxylic acids is 2. The lowest BCUT2D eigenvalue weighted by atomic mass is 10.1. The summed E-state index contributed by atoms with van der Waals surface area (Å²) in [6.07, 6.45) is -0.494. The van der Waals surface area contributed by atoms with Crippen LogP contribution in [0.2, 0.25) is 0 Å². The van der Waals surface area contributed by atoms with Gasteiger partial charge in [0.2, 0.25) is 5.91 Å². The number of benzene rings is 3. The van der Waals surface area contributed by atoms with Gasteiger partial charge in [-0.1, -0.05) is 48.5 Å². The minimum absolute atomic E-state index is 0.0567. The van der Waals surface area contributed by atoms with Crippen molar-refractivity contribution in [2.24, 2.45) is 0 Å². The number of hydrogen-bond donors (Lipinski definition) is 2. The van der Waals surface area contributed by atoms with E-state index in [1.54, 1.807) is 31.2 Å².